The molecule has 114 valence electrons. The van der Waals surface area contributed by atoms with Gasteiger partial charge in [0.1, 0.15) is 11.9 Å². The SMILES string of the molecule is CCC(N)C(Oc1cc(C(C)C)ccc1C)c1ccsc1. The lowest BCUT2D eigenvalue weighted by atomic mass is 10.0. The number of thiophene rings is 1. The molecule has 2 nitrogen and oxygen atoms in total. The quantitative estimate of drug-likeness (QED) is 0.811. The maximum Gasteiger partial charge on any atom is 0.140 e. The van der Waals surface area contributed by atoms with E-state index in [0.29, 0.717) is 5.92 Å². The van der Waals surface area contributed by atoms with Crippen LogP contribution in [0.25, 0.3) is 0 Å². The summed E-state index contributed by atoms with van der Waals surface area (Å²) in [5.74, 6) is 1.44. The Morgan fingerprint density at radius 3 is 2.52 bits per heavy atom. The summed E-state index contributed by atoms with van der Waals surface area (Å²) < 4.78 is 6.31. The number of hydrogen-bond donors (Lipinski definition) is 1. The van der Waals surface area contributed by atoms with E-state index in [2.05, 4.69) is 62.7 Å². The molecule has 0 aliphatic carbocycles. The molecule has 1 aromatic carbocycles. The third-order valence-electron chi connectivity index (χ3n) is 3.86. The Morgan fingerprint density at radius 1 is 1.19 bits per heavy atom. The highest BCUT2D eigenvalue weighted by Crippen LogP contribution is 2.31. The van der Waals surface area contributed by atoms with Gasteiger partial charge in [0.05, 0.1) is 0 Å². The highest BCUT2D eigenvalue weighted by molar-refractivity contribution is 7.07. The van der Waals surface area contributed by atoms with E-state index in [1.54, 1.807) is 11.3 Å². The smallest absolute Gasteiger partial charge is 0.140 e. The molecule has 2 rings (SSSR count). The van der Waals surface area contributed by atoms with Gasteiger partial charge in [0.2, 0.25) is 0 Å². The first-order valence-corrected chi connectivity index (χ1v) is 8.52. The molecule has 0 aliphatic rings. The van der Waals surface area contributed by atoms with Crippen LogP contribution in [0.1, 0.15) is 55.9 Å². The topological polar surface area (TPSA) is 35.2 Å². The zero-order chi connectivity index (χ0) is 15.4. The monoisotopic (exact) mass is 303 g/mol. The highest BCUT2D eigenvalue weighted by Gasteiger charge is 2.22. The molecule has 0 fully saturated rings. The van der Waals surface area contributed by atoms with Crippen molar-refractivity contribution < 1.29 is 4.74 Å². The standard InChI is InChI=1S/C18H25NOS/c1-5-16(19)18(15-8-9-21-11-15)20-17-10-14(12(2)3)7-6-13(17)4/h6-12,16,18H,5,19H2,1-4H3. The van der Waals surface area contributed by atoms with Crippen LogP contribution in [0.4, 0.5) is 0 Å². The van der Waals surface area contributed by atoms with Crippen molar-refractivity contribution in [1.82, 2.24) is 0 Å². The van der Waals surface area contributed by atoms with E-state index in [0.717, 1.165) is 17.7 Å². The van der Waals surface area contributed by atoms with Crippen molar-refractivity contribution in [1.29, 1.82) is 0 Å². The summed E-state index contributed by atoms with van der Waals surface area (Å²) in [4.78, 5) is 0. The van der Waals surface area contributed by atoms with Gasteiger partial charge in [0, 0.05) is 11.6 Å². The molecule has 1 aromatic heterocycles. The van der Waals surface area contributed by atoms with Crippen molar-refractivity contribution >= 4 is 11.3 Å². The second-order valence-corrected chi connectivity index (χ2v) is 6.63. The van der Waals surface area contributed by atoms with Crippen LogP contribution in [-0.4, -0.2) is 6.04 Å². The first-order valence-electron chi connectivity index (χ1n) is 7.57. The van der Waals surface area contributed by atoms with Gasteiger partial charge in [-0.2, -0.15) is 11.3 Å². The molecule has 1 heterocycles. The Balaban J connectivity index is 2.30. The van der Waals surface area contributed by atoms with Crippen LogP contribution in [0.3, 0.4) is 0 Å². The molecule has 0 bridgehead atoms. The van der Waals surface area contributed by atoms with Crippen LogP contribution in [0, 0.1) is 6.92 Å². The summed E-state index contributed by atoms with van der Waals surface area (Å²) in [7, 11) is 0. The van der Waals surface area contributed by atoms with Gasteiger partial charge in [-0.1, -0.05) is 32.9 Å². The maximum absolute atomic E-state index is 6.31. The number of ether oxygens (including phenoxy) is 1. The molecule has 2 N–H and O–H groups in total. The van der Waals surface area contributed by atoms with E-state index >= 15 is 0 Å². The molecular formula is C18H25NOS. The van der Waals surface area contributed by atoms with E-state index in [4.69, 9.17) is 10.5 Å². The molecule has 21 heavy (non-hydrogen) atoms. The van der Waals surface area contributed by atoms with Crippen molar-refractivity contribution in [3.8, 4) is 5.75 Å². The minimum atomic E-state index is -0.0811. The lowest BCUT2D eigenvalue weighted by Gasteiger charge is -2.25. The zero-order valence-electron chi connectivity index (χ0n) is 13.3. The molecule has 0 saturated carbocycles. The Kier molecular flexibility index (Phi) is 5.43. The Morgan fingerprint density at radius 2 is 1.95 bits per heavy atom. The Hall–Kier alpha value is -1.32. The summed E-state index contributed by atoms with van der Waals surface area (Å²) in [6.45, 7) is 8.58. The molecule has 0 spiro atoms. The summed E-state index contributed by atoms with van der Waals surface area (Å²) in [5, 5.41) is 4.20. The number of hydrogen-bond acceptors (Lipinski definition) is 3. The third kappa shape index (κ3) is 3.86. The van der Waals surface area contributed by atoms with Crippen molar-refractivity contribution in [2.75, 3.05) is 0 Å². The minimum Gasteiger partial charge on any atom is -0.484 e. The minimum absolute atomic E-state index is 0.00158. The van der Waals surface area contributed by atoms with Crippen LogP contribution in [-0.2, 0) is 0 Å². The van der Waals surface area contributed by atoms with Crippen LogP contribution >= 0.6 is 11.3 Å². The van der Waals surface area contributed by atoms with E-state index in [1.165, 1.54) is 11.1 Å². The third-order valence-corrected chi connectivity index (χ3v) is 4.57. The summed E-state index contributed by atoms with van der Waals surface area (Å²) in [5.41, 5.74) is 9.91. The van der Waals surface area contributed by atoms with E-state index in [-0.39, 0.29) is 12.1 Å². The molecule has 0 radical (unpaired) electrons. The maximum atomic E-state index is 6.31. The number of rotatable bonds is 6. The average Bonchev–Trinajstić information content (AvgIpc) is 2.99. The van der Waals surface area contributed by atoms with Gasteiger partial charge in [-0.3, -0.25) is 0 Å². The van der Waals surface area contributed by atoms with Crippen LogP contribution in [0.15, 0.2) is 35.0 Å². The molecular weight excluding hydrogens is 278 g/mol. The second kappa shape index (κ2) is 7.10. The van der Waals surface area contributed by atoms with Crippen LogP contribution in [0.2, 0.25) is 0 Å². The second-order valence-electron chi connectivity index (χ2n) is 5.85. The summed E-state index contributed by atoms with van der Waals surface area (Å²) in [6, 6.07) is 8.56. The predicted octanol–water partition coefficient (Wildman–Crippen LogP) is 5.04. The van der Waals surface area contributed by atoms with Gasteiger partial charge < -0.3 is 10.5 Å². The fourth-order valence-electron chi connectivity index (χ4n) is 2.29. The lowest BCUT2D eigenvalue weighted by Crippen LogP contribution is -2.31. The Labute approximate surface area is 132 Å². The van der Waals surface area contributed by atoms with Gasteiger partial charge in [0.25, 0.3) is 0 Å². The van der Waals surface area contributed by atoms with Gasteiger partial charge in [-0.05, 0) is 53.3 Å². The summed E-state index contributed by atoms with van der Waals surface area (Å²) in [6.07, 6.45) is 0.811. The van der Waals surface area contributed by atoms with Gasteiger partial charge >= 0.3 is 0 Å². The van der Waals surface area contributed by atoms with Crippen LogP contribution in [0.5, 0.6) is 5.75 Å². The highest BCUT2D eigenvalue weighted by atomic mass is 32.1. The zero-order valence-corrected chi connectivity index (χ0v) is 14.1. The molecule has 0 saturated heterocycles. The van der Waals surface area contributed by atoms with Crippen molar-refractivity contribution in [3.63, 3.8) is 0 Å². The first kappa shape index (κ1) is 16.1. The lowest BCUT2D eigenvalue weighted by molar-refractivity contribution is 0.170. The summed E-state index contributed by atoms with van der Waals surface area (Å²) >= 11 is 1.68. The van der Waals surface area contributed by atoms with Gasteiger partial charge in [-0.25, -0.2) is 0 Å². The average molecular weight is 303 g/mol. The normalized spacial score (nSPS) is 14.2. The largest absolute Gasteiger partial charge is 0.484 e. The van der Waals surface area contributed by atoms with Gasteiger partial charge in [0.15, 0.2) is 0 Å². The first-order chi connectivity index (χ1) is 10.0. The van der Waals surface area contributed by atoms with Crippen molar-refractivity contribution in [3.05, 3.63) is 51.7 Å². The number of nitrogens with two attached hydrogens (primary N) is 1. The molecule has 3 heteroatoms. The van der Waals surface area contributed by atoms with E-state index in [1.807, 2.05) is 0 Å². The van der Waals surface area contributed by atoms with Gasteiger partial charge in [-0.15, -0.1) is 0 Å². The van der Waals surface area contributed by atoms with E-state index in [9.17, 15) is 0 Å². The number of aryl methyl sites for hydroxylation is 1. The fraction of sp³-hybridized carbons (Fsp3) is 0.444. The Bertz CT molecular complexity index is 563. The van der Waals surface area contributed by atoms with Crippen LogP contribution < -0.4 is 10.5 Å². The molecule has 0 amide bonds. The molecule has 2 aromatic rings. The molecule has 0 aliphatic heterocycles. The predicted molar refractivity (Wildman–Crippen MR) is 91.2 cm³/mol. The molecule has 2 unspecified atom stereocenters. The van der Waals surface area contributed by atoms with Crippen molar-refractivity contribution in [2.24, 2.45) is 5.73 Å². The molecule has 2 atom stereocenters. The fourth-order valence-corrected chi connectivity index (χ4v) is 2.98. The van der Waals surface area contributed by atoms with E-state index < -0.39 is 0 Å². The number of benzene rings is 1. The van der Waals surface area contributed by atoms with Crippen molar-refractivity contribution in [2.45, 2.75) is 52.2 Å².